The molecule has 0 saturated heterocycles. The van der Waals surface area contributed by atoms with Crippen molar-refractivity contribution in [1.29, 1.82) is 0 Å². The van der Waals surface area contributed by atoms with Crippen molar-refractivity contribution in [2.24, 2.45) is 171 Å². The van der Waals surface area contributed by atoms with Gasteiger partial charge in [-0.05, 0) is 228 Å². The predicted octanol–water partition coefficient (Wildman–Crippen LogP) is 8.60. The van der Waals surface area contributed by atoms with Gasteiger partial charge in [-0.25, -0.2) is 0 Å². The van der Waals surface area contributed by atoms with Gasteiger partial charge in [-0.15, -0.1) is 11.3 Å². The van der Waals surface area contributed by atoms with Gasteiger partial charge < -0.3 is 4.74 Å². The van der Waals surface area contributed by atoms with E-state index in [0.717, 1.165) is 172 Å². The van der Waals surface area contributed by atoms with Gasteiger partial charge in [0, 0.05) is 16.7 Å². The van der Waals surface area contributed by atoms with Crippen molar-refractivity contribution in [2.45, 2.75) is 56.8 Å². The molecule has 1 aromatic rings. The molecule has 51 heavy (non-hydrogen) atoms. The van der Waals surface area contributed by atoms with Gasteiger partial charge in [0.15, 0.2) is 0 Å². The van der Waals surface area contributed by atoms with Crippen LogP contribution in [0.25, 0.3) is 0 Å². The second kappa shape index (κ2) is 7.46. The Morgan fingerprint density at radius 3 is 2.22 bits per heavy atom. The van der Waals surface area contributed by atoms with Crippen molar-refractivity contribution >= 4 is 17.3 Å². The minimum atomic E-state index is 0.0515. The second-order valence-corrected chi connectivity index (χ2v) is 24.5. The lowest BCUT2D eigenvalue weighted by atomic mass is 9.42. The van der Waals surface area contributed by atoms with Crippen molar-refractivity contribution in [3.8, 4) is 0 Å². The molecule has 15 fully saturated rings. The SMILES string of the molecule is COC(=O)CCC1(c2cccs2)C2C3CC4=CC5CC6CC7CC8=CC9CC%10CC21C1C%10C2C9C9C8C7C7C6C6C5C4C4C3C1C1C4C6C7C9C21. The lowest BCUT2D eigenvalue weighted by molar-refractivity contribution is -0.150. The maximum Gasteiger partial charge on any atom is 0.305 e. The number of ether oxygens (including phenoxy) is 1. The van der Waals surface area contributed by atoms with Gasteiger partial charge in [0.25, 0.3) is 0 Å². The minimum absolute atomic E-state index is 0.0515. The van der Waals surface area contributed by atoms with Gasteiger partial charge >= 0.3 is 5.97 Å². The van der Waals surface area contributed by atoms with Crippen molar-refractivity contribution < 1.29 is 9.53 Å². The van der Waals surface area contributed by atoms with Crippen LogP contribution in [0.5, 0.6) is 0 Å². The van der Waals surface area contributed by atoms with E-state index in [4.69, 9.17) is 4.74 Å². The molecule has 17 aliphatic carbocycles. The van der Waals surface area contributed by atoms with Crippen molar-refractivity contribution in [1.82, 2.24) is 0 Å². The minimum Gasteiger partial charge on any atom is -0.469 e. The predicted molar refractivity (Wildman–Crippen MR) is 191 cm³/mol. The Morgan fingerprint density at radius 2 is 1.39 bits per heavy atom. The van der Waals surface area contributed by atoms with Gasteiger partial charge in [-0.1, -0.05) is 29.4 Å². The van der Waals surface area contributed by atoms with Crippen LogP contribution in [0.15, 0.2) is 40.8 Å². The maximum atomic E-state index is 13.2. The summed E-state index contributed by atoms with van der Waals surface area (Å²) in [5.74, 6) is 29.3. The van der Waals surface area contributed by atoms with E-state index < -0.39 is 0 Å². The summed E-state index contributed by atoms with van der Waals surface area (Å²) in [5.41, 5.74) is 4.82. The first-order chi connectivity index (χ1) is 25.2. The van der Waals surface area contributed by atoms with E-state index in [2.05, 4.69) is 52.1 Å². The Kier molecular flexibility index (Phi) is 3.87. The van der Waals surface area contributed by atoms with Crippen LogP contribution < -0.4 is 0 Å². The highest BCUT2D eigenvalue weighted by atomic mass is 32.1. The molecule has 0 aliphatic heterocycles. The average Bonchev–Trinajstić information content (AvgIpc) is 3.92. The Bertz CT molecular complexity index is 2030. The molecule has 2 nitrogen and oxygen atoms in total. The average molecular weight is 693 g/mol. The number of allylic oxidation sites excluding steroid dienone is 4. The van der Waals surface area contributed by atoms with E-state index in [1.54, 1.807) is 31.2 Å². The fraction of sp³-hybridized carbons (Fsp3) is 0.812. The summed E-state index contributed by atoms with van der Waals surface area (Å²) in [6.07, 6.45) is 17.2. The van der Waals surface area contributed by atoms with E-state index in [1.165, 1.54) is 19.3 Å². The molecule has 18 rings (SSSR count). The van der Waals surface area contributed by atoms with Crippen molar-refractivity contribution in [2.75, 3.05) is 7.11 Å². The van der Waals surface area contributed by atoms with Crippen LogP contribution in [-0.2, 0) is 14.9 Å². The molecule has 1 aromatic heterocycles. The molecule has 3 heteroatoms. The van der Waals surface area contributed by atoms with Crippen LogP contribution >= 0.6 is 11.3 Å². The van der Waals surface area contributed by atoms with E-state index in [0.29, 0.717) is 11.8 Å². The van der Waals surface area contributed by atoms with Crippen molar-refractivity contribution in [3.05, 3.63) is 45.7 Å². The first-order valence-electron chi connectivity index (χ1n) is 22.7. The van der Waals surface area contributed by atoms with Crippen LogP contribution in [0, 0.1) is 171 Å². The van der Waals surface area contributed by atoms with Crippen LogP contribution in [0.3, 0.4) is 0 Å². The third-order valence-corrected chi connectivity index (χ3v) is 25.8. The van der Waals surface area contributed by atoms with Crippen LogP contribution in [0.2, 0.25) is 0 Å². The zero-order valence-electron chi connectivity index (χ0n) is 29.9. The quantitative estimate of drug-likeness (QED) is 0.234. The van der Waals surface area contributed by atoms with Gasteiger partial charge in [0.1, 0.15) is 0 Å². The smallest absolute Gasteiger partial charge is 0.305 e. The molecule has 30 atom stereocenters. The highest BCUT2D eigenvalue weighted by Crippen LogP contribution is 2.98. The summed E-state index contributed by atoms with van der Waals surface area (Å²) in [4.78, 5) is 14.9. The molecule has 0 bridgehead atoms. The zero-order valence-corrected chi connectivity index (χ0v) is 30.8. The molecule has 0 aromatic carbocycles. The molecule has 1 heterocycles. The number of carbonyl (C=O) groups excluding carboxylic acids is 1. The summed E-state index contributed by atoms with van der Waals surface area (Å²) in [6, 6.07) is 4.96. The summed E-state index contributed by atoms with van der Waals surface area (Å²) in [5, 5.41) is 2.41. The monoisotopic (exact) mass is 692 g/mol. The summed E-state index contributed by atoms with van der Waals surface area (Å²) in [7, 11) is 1.64. The number of methoxy groups -OCH3 is 1. The first-order valence-corrected chi connectivity index (χ1v) is 23.6. The number of fused-ring (bicyclic) bond motifs is 1. The zero-order chi connectivity index (χ0) is 32.1. The highest BCUT2D eigenvalue weighted by molar-refractivity contribution is 7.10. The van der Waals surface area contributed by atoms with Gasteiger partial charge in [0.05, 0.1) is 7.11 Å². The van der Waals surface area contributed by atoms with E-state index in [1.807, 2.05) is 0 Å². The molecule has 0 amide bonds. The Balaban J connectivity index is 0.963. The van der Waals surface area contributed by atoms with Gasteiger partial charge in [-0.2, -0.15) is 0 Å². The van der Waals surface area contributed by atoms with E-state index in [9.17, 15) is 4.79 Å². The Labute approximate surface area is 306 Å². The number of carbonyl (C=O) groups is 1. The molecule has 0 radical (unpaired) electrons. The number of rotatable bonds is 4. The number of esters is 1. The van der Waals surface area contributed by atoms with Crippen LogP contribution in [0.1, 0.15) is 56.2 Å². The normalized spacial score (nSPS) is 73.7. The second-order valence-electron chi connectivity index (χ2n) is 23.6. The lowest BCUT2D eigenvalue weighted by Crippen LogP contribution is -2.59. The summed E-state index contributed by atoms with van der Waals surface area (Å²) < 4.78 is 5.47. The van der Waals surface area contributed by atoms with Gasteiger partial charge in [0.2, 0.25) is 0 Å². The molecule has 1 spiro atoms. The fourth-order valence-corrected chi connectivity index (χ4v) is 27.5. The molecular formula is C48H52O2S. The van der Waals surface area contributed by atoms with Gasteiger partial charge in [-0.3, -0.25) is 4.79 Å². The number of hydrogen-bond donors (Lipinski definition) is 0. The Morgan fingerprint density at radius 1 is 0.706 bits per heavy atom. The summed E-state index contributed by atoms with van der Waals surface area (Å²) >= 11 is 2.09. The van der Waals surface area contributed by atoms with E-state index in [-0.39, 0.29) is 11.4 Å². The number of thiophene rings is 1. The fourth-order valence-electron chi connectivity index (χ4n) is 26.4. The summed E-state index contributed by atoms with van der Waals surface area (Å²) in [6.45, 7) is 0. The third kappa shape index (κ3) is 2.16. The molecule has 17 aliphatic rings. The van der Waals surface area contributed by atoms with Crippen molar-refractivity contribution in [3.63, 3.8) is 0 Å². The Hall–Kier alpha value is -1.35. The molecule has 15 saturated carbocycles. The maximum absolute atomic E-state index is 13.2. The molecule has 30 unspecified atom stereocenters. The van der Waals surface area contributed by atoms with Crippen LogP contribution in [0.4, 0.5) is 0 Å². The number of hydrogen-bond acceptors (Lipinski definition) is 3. The molecule has 262 valence electrons. The highest BCUT2D eigenvalue weighted by Gasteiger charge is 2.95. The lowest BCUT2D eigenvalue weighted by Gasteiger charge is -2.62. The first kappa shape index (κ1) is 26.5. The largest absolute Gasteiger partial charge is 0.469 e. The third-order valence-electron chi connectivity index (χ3n) is 24.7. The van der Waals surface area contributed by atoms with Crippen LogP contribution in [-0.4, -0.2) is 13.1 Å². The topological polar surface area (TPSA) is 26.3 Å². The van der Waals surface area contributed by atoms with E-state index >= 15 is 0 Å². The molecular weight excluding hydrogens is 641 g/mol. The standard InChI is InChI=1S/C48H52O2S/c1-50-24(49)4-5-47(23-3-2-6-51-23)46-22-13-20-11-17-9-18-8-15-7-16-10-19-12-21-14-48(46,47)45-31(21)36-30(19)35-26(16)25(15)33-29(18)34-27(17)28(20)37-32(22)44(45)43-41(36)39(35)38(33)40(34)42(37)43/h2-3,6,10-11,15,17-19,21-22,25-46H,4-5,7-9,12-14H2,1H3. The molecule has 0 N–H and O–H groups in total.